The lowest BCUT2D eigenvalue weighted by Gasteiger charge is -2.26. The Morgan fingerprint density at radius 1 is 1.29 bits per heavy atom. The Morgan fingerprint density at radius 3 is 2.57 bits per heavy atom. The molecule has 0 aliphatic rings. The molecule has 0 fully saturated rings. The highest BCUT2D eigenvalue weighted by atomic mass is 35.5. The minimum absolute atomic E-state index is 0.265. The van der Waals surface area contributed by atoms with E-state index in [9.17, 15) is 0 Å². The van der Waals surface area contributed by atoms with Crippen LogP contribution >= 0.6 is 11.6 Å². The Balaban J connectivity index is 2.51. The summed E-state index contributed by atoms with van der Waals surface area (Å²) in [6.45, 7) is 9.74. The Bertz CT molecular complexity index is 615. The smallest absolute Gasteiger partial charge is 0.158 e. The molecule has 6 heteroatoms. The van der Waals surface area contributed by atoms with Gasteiger partial charge in [0.25, 0.3) is 0 Å². The van der Waals surface area contributed by atoms with Gasteiger partial charge in [-0.2, -0.15) is 5.10 Å². The number of aromatic nitrogens is 4. The van der Waals surface area contributed by atoms with Crippen LogP contribution in [0.3, 0.4) is 0 Å². The number of halogens is 1. The molecule has 0 radical (unpaired) electrons. The quantitative estimate of drug-likeness (QED) is 0.737. The molecule has 0 saturated carbocycles. The summed E-state index contributed by atoms with van der Waals surface area (Å²) in [5.74, 6) is 1.27. The summed E-state index contributed by atoms with van der Waals surface area (Å²) in [6.07, 6.45) is 1.99. The Kier molecular flexibility index (Phi) is 4.94. The standard InChI is InChI=1S/C15H25ClN4O/c1-6-8-11-13-14(19(5)18-11)20(12(9-16)17-13)10-15(3,4)21-7-2/h6-10H2,1-5H3. The van der Waals surface area contributed by atoms with Crippen molar-refractivity contribution in [3.8, 4) is 0 Å². The molecule has 0 unspecified atom stereocenters. The van der Waals surface area contributed by atoms with Crippen LogP contribution in [0.4, 0.5) is 0 Å². The highest BCUT2D eigenvalue weighted by Crippen LogP contribution is 2.24. The lowest BCUT2D eigenvalue weighted by atomic mass is 10.1. The van der Waals surface area contributed by atoms with Crippen LogP contribution in [0.15, 0.2) is 0 Å². The maximum absolute atomic E-state index is 6.09. The zero-order valence-electron chi connectivity index (χ0n) is 13.6. The predicted molar refractivity (Wildman–Crippen MR) is 85.8 cm³/mol. The molecular weight excluding hydrogens is 288 g/mol. The van der Waals surface area contributed by atoms with E-state index in [0.29, 0.717) is 19.0 Å². The third kappa shape index (κ3) is 3.24. The molecule has 118 valence electrons. The second-order valence-corrected chi connectivity index (χ2v) is 6.20. The minimum atomic E-state index is -0.265. The van der Waals surface area contributed by atoms with Crippen molar-refractivity contribution in [2.24, 2.45) is 7.05 Å². The summed E-state index contributed by atoms with van der Waals surface area (Å²) in [5.41, 5.74) is 2.79. The van der Waals surface area contributed by atoms with Gasteiger partial charge in [-0.1, -0.05) is 13.3 Å². The van der Waals surface area contributed by atoms with Crippen LogP contribution in [-0.4, -0.2) is 31.5 Å². The second kappa shape index (κ2) is 6.36. The molecule has 0 saturated heterocycles. The number of fused-ring (bicyclic) bond motifs is 1. The van der Waals surface area contributed by atoms with E-state index in [2.05, 4.69) is 30.4 Å². The first kappa shape index (κ1) is 16.3. The van der Waals surface area contributed by atoms with E-state index in [0.717, 1.165) is 35.5 Å². The summed E-state index contributed by atoms with van der Waals surface area (Å²) < 4.78 is 9.88. The molecule has 0 aromatic carbocycles. The van der Waals surface area contributed by atoms with Crippen molar-refractivity contribution in [2.75, 3.05) is 6.61 Å². The number of alkyl halides is 1. The number of rotatable bonds is 7. The first-order valence-corrected chi connectivity index (χ1v) is 8.07. The molecular formula is C15H25ClN4O. The van der Waals surface area contributed by atoms with Gasteiger partial charge >= 0.3 is 0 Å². The maximum atomic E-state index is 6.09. The van der Waals surface area contributed by atoms with Gasteiger partial charge in [0.2, 0.25) is 0 Å². The van der Waals surface area contributed by atoms with E-state index in [-0.39, 0.29) is 5.60 Å². The van der Waals surface area contributed by atoms with Crippen molar-refractivity contribution < 1.29 is 4.74 Å². The SMILES string of the molecule is CCCc1nn(C)c2c1nc(CCl)n2CC(C)(C)OCC. The summed E-state index contributed by atoms with van der Waals surface area (Å²) >= 11 is 6.09. The number of hydrogen-bond acceptors (Lipinski definition) is 3. The lowest BCUT2D eigenvalue weighted by molar-refractivity contribution is -0.0222. The van der Waals surface area contributed by atoms with E-state index in [4.69, 9.17) is 21.3 Å². The molecule has 0 N–H and O–H groups in total. The van der Waals surface area contributed by atoms with Crippen LogP contribution < -0.4 is 0 Å². The summed E-state index contributed by atoms with van der Waals surface area (Å²) in [6, 6.07) is 0. The molecule has 0 amide bonds. The van der Waals surface area contributed by atoms with Crippen molar-refractivity contribution in [3.05, 3.63) is 11.5 Å². The van der Waals surface area contributed by atoms with Crippen LogP contribution in [0.2, 0.25) is 0 Å². The minimum Gasteiger partial charge on any atom is -0.374 e. The van der Waals surface area contributed by atoms with Gasteiger partial charge in [-0.15, -0.1) is 11.6 Å². The average molecular weight is 313 g/mol. The van der Waals surface area contributed by atoms with Crippen molar-refractivity contribution in [1.82, 2.24) is 19.3 Å². The fourth-order valence-electron chi connectivity index (χ4n) is 2.78. The van der Waals surface area contributed by atoms with E-state index < -0.39 is 0 Å². The number of nitrogens with zero attached hydrogens (tertiary/aromatic N) is 4. The number of imidazole rings is 1. The van der Waals surface area contributed by atoms with Gasteiger partial charge in [-0.25, -0.2) is 4.98 Å². The highest BCUT2D eigenvalue weighted by molar-refractivity contribution is 6.16. The van der Waals surface area contributed by atoms with Gasteiger partial charge in [0.1, 0.15) is 11.3 Å². The van der Waals surface area contributed by atoms with Crippen LogP contribution in [0, 0.1) is 0 Å². The molecule has 5 nitrogen and oxygen atoms in total. The molecule has 2 heterocycles. The van der Waals surface area contributed by atoms with Crippen molar-refractivity contribution in [3.63, 3.8) is 0 Å². The summed E-state index contributed by atoms with van der Waals surface area (Å²) in [7, 11) is 1.96. The van der Waals surface area contributed by atoms with E-state index in [1.54, 1.807) is 0 Å². The predicted octanol–water partition coefficient (Wildman–Crippen LogP) is 3.28. The number of hydrogen-bond donors (Lipinski definition) is 0. The maximum Gasteiger partial charge on any atom is 0.158 e. The molecule has 0 aliphatic carbocycles. The van der Waals surface area contributed by atoms with Gasteiger partial charge in [-0.3, -0.25) is 4.68 Å². The molecule has 0 atom stereocenters. The fourth-order valence-corrected chi connectivity index (χ4v) is 2.98. The molecule has 21 heavy (non-hydrogen) atoms. The zero-order chi connectivity index (χ0) is 15.6. The van der Waals surface area contributed by atoms with Crippen molar-refractivity contribution in [1.29, 1.82) is 0 Å². The molecule has 2 aromatic rings. The number of ether oxygens (including phenoxy) is 1. The highest BCUT2D eigenvalue weighted by Gasteiger charge is 2.25. The third-order valence-corrected chi connectivity index (χ3v) is 3.79. The average Bonchev–Trinajstić information content (AvgIpc) is 2.89. The topological polar surface area (TPSA) is 44.9 Å². The lowest BCUT2D eigenvalue weighted by Crippen LogP contribution is -2.31. The van der Waals surface area contributed by atoms with Crippen LogP contribution in [0.5, 0.6) is 0 Å². The zero-order valence-corrected chi connectivity index (χ0v) is 14.4. The molecule has 2 rings (SSSR count). The Morgan fingerprint density at radius 2 is 2.00 bits per heavy atom. The summed E-state index contributed by atoms with van der Waals surface area (Å²) in [4.78, 5) is 4.71. The van der Waals surface area contributed by atoms with Crippen molar-refractivity contribution >= 4 is 22.8 Å². The monoisotopic (exact) mass is 312 g/mol. The fraction of sp³-hybridized carbons (Fsp3) is 0.733. The normalized spacial score (nSPS) is 12.5. The van der Waals surface area contributed by atoms with Crippen molar-refractivity contribution in [2.45, 2.75) is 58.6 Å². The van der Waals surface area contributed by atoms with Gasteiger partial charge in [0.15, 0.2) is 5.65 Å². The molecule has 0 spiro atoms. The van der Waals surface area contributed by atoms with E-state index in [1.807, 2.05) is 18.7 Å². The molecule has 0 aliphatic heterocycles. The van der Waals surface area contributed by atoms with Gasteiger partial charge in [0.05, 0.1) is 23.7 Å². The van der Waals surface area contributed by atoms with Crippen LogP contribution in [0.1, 0.15) is 45.6 Å². The number of aryl methyl sites for hydroxylation is 2. The largest absolute Gasteiger partial charge is 0.374 e. The molecule has 2 aromatic heterocycles. The first-order chi connectivity index (χ1) is 9.93. The third-order valence-electron chi connectivity index (χ3n) is 3.55. The first-order valence-electron chi connectivity index (χ1n) is 7.54. The van der Waals surface area contributed by atoms with Gasteiger partial charge < -0.3 is 9.30 Å². The van der Waals surface area contributed by atoms with Crippen LogP contribution in [0.25, 0.3) is 11.2 Å². The van der Waals surface area contributed by atoms with Crippen LogP contribution in [-0.2, 0) is 30.6 Å². The van der Waals surface area contributed by atoms with E-state index in [1.165, 1.54) is 0 Å². The Hall–Kier alpha value is -1.07. The van der Waals surface area contributed by atoms with Gasteiger partial charge in [0, 0.05) is 13.7 Å². The van der Waals surface area contributed by atoms with Gasteiger partial charge in [-0.05, 0) is 27.2 Å². The summed E-state index contributed by atoms with van der Waals surface area (Å²) in [5, 5.41) is 4.60. The molecule has 0 bridgehead atoms. The van der Waals surface area contributed by atoms with E-state index >= 15 is 0 Å². The second-order valence-electron chi connectivity index (χ2n) is 5.93. The Labute approximate surface area is 131 Å².